The number of nitrogens with one attached hydrogen (secondary N) is 3. The fourth-order valence-corrected chi connectivity index (χ4v) is 5.33. The number of carbonyl (C=O) groups is 1. The number of anilines is 2. The van der Waals surface area contributed by atoms with E-state index in [1.165, 1.54) is 12.1 Å². The van der Waals surface area contributed by atoms with Gasteiger partial charge in [-0.15, -0.1) is 0 Å². The molecule has 2 fully saturated rings. The largest absolute Gasteiger partial charge is 0.371 e. The predicted octanol–water partition coefficient (Wildman–Crippen LogP) is 2.85. The molecule has 0 spiro atoms. The van der Waals surface area contributed by atoms with Gasteiger partial charge in [-0.1, -0.05) is 6.07 Å². The molecule has 3 N–H and O–H groups in total. The molecule has 32 heavy (non-hydrogen) atoms. The Morgan fingerprint density at radius 3 is 2.50 bits per heavy atom. The summed E-state index contributed by atoms with van der Waals surface area (Å²) in [5, 5.41) is 6.50. The number of amides is 1. The number of halogens is 1. The van der Waals surface area contributed by atoms with E-state index in [0.717, 1.165) is 69.6 Å². The molecule has 172 valence electrons. The molecule has 2 saturated heterocycles. The van der Waals surface area contributed by atoms with Gasteiger partial charge in [0.15, 0.2) is 0 Å². The summed E-state index contributed by atoms with van der Waals surface area (Å²) in [6.07, 6.45) is 4.78. The van der Waals surface area contributed by atoms with Crippen molar-refractivity contribution in [2.75, 3.05) is 29.3 Å². The van der Waals surface area contributed by atoms with Gasteiger partial charge in [-0.25, -0.2) is 12.8 Å². The highest BCUT2D eigenvalue weighted by atomic mass is 32.2. The van der Waals surface area contributed by atoms with Crippen LogP contribution in [0.1, 0.15) is 32.1 Å². The lowest BCUT2D eigenvalue weighted by molar-refractivity contribution is -0.123. The molecule has 1 amide bonds. The van der Waals surface area contributed by atoms with Crippen molar-refractivity contribution in [3.05, 3.63) is 54.3 Å². The van der Waals surface area contributed by atoms with Crippen LogP contribution in [0.15, 0.2) is 53.4 Å². The average Bonchev–Trinajstić information content (AvgIpc) is 2.98. The lowest BCUT2D eigenvalue weighted by Gasteiger charge is -2.35. The molecule has 2 aromatic carbocycles. The van der Waals surface area contributed by atoms with Crippen molar-refractivity contribution in [1.82, 2.24) is 10.6 Å². The SMILES string of the molecule is O=C1NCCCC[C@@H]1NC1CCN(c2cccc(NS(=O)(=O)c3ccc(F)cc3)c2)CC1. The van der Waals surface area contributed by atoms with Gasteiger partial charge in [-0.05, 0) is 74.6 Å². The van der Waals surface area contributed by atoms with Crippen molar-refractivity contribution in [2.45, 2.75) is 49.1 Å². The number of carbonyl (C=O) groups excluding carboxylic acids is 1. The van der Waals surface area contributed by atoms with Crippen LogP contribution >= 0.6 is 0 Å². The number of hydrogen-bond acceptors (Lipinski definition) is 5. The quantitative estimate of drug-likeness (QED) is 0.617. The van der Waals surface area contributed by atoms with Crippen LogP contribution in [0.5, 0.6) is 0 Å². The molecule has 2 aromatic rings. The Hall–Kier alpha value is -2.65. The van der Waals surface area contributed by atoms with Crippen molar-refractivity contribution in [2.24, 2.45) is 0 Å². The minimum atomic E-state index is -3.79. The molecule has 0 aliphatic carbocycles. The number of rotatable bonds is 6. The molecular formula is C23H29FN4O3S. The van der Waals surface area contributed by atoms with E-state index in [9.17, 15) is 17.6 Å². The normalized spacial score (nSPS) is 20.5. The summed E-state index contributed by atoms with van der Waals surface area (Å²) in [6, 6.07) is 12.2. The number of hydrogen-bond donors (Lipinski definition) is 3. The van der Waals surface area contributed by atoms with E-state index in [0.29, 0.717) is 11.7 Å². The van der Waals surface area contributed by atoms with Crippen molar-refractivity contribution in [3.63, 3.8) is 0 Å². The molecule has 2 heterocycles. The Morgan fingerprint density at radius 1 is 1.00 bits per heavy atom. The third kappa shape index (κ3) is 5.58. The van der Waals surface area contributed by atoms with Gasteiger partial charge in [-0.2, -0.15) is 0 Å². The Bertz CT molecular complexity index is 1040. The zero-order valence-corrected chi connectivity index (χ0v) is 18.7. The summed E-state index contributed by atoms with van der Waals surface area (Å²) < 4.78 is 40.9. The molecule has 9 heteroatoms. The van der Waals surface area contributed by atoms with Gasteiger partial charge in [0.2, 0.25) is 5.91 Å². The van der Waals surface area contributed by atoms with Gasteiger partial charge in [0.25, 0.3) is 10.0 Å². The van der Waals surface area contributed by atoms with Crippen LogP contribution in [0.25, 0.3) is 0 Å². The highest BCUT2D eigenvalue weighted by Gasteiger charge is 2.26. The van der Waals surface area contributed by atoms with Crippen LogP contribution in [-0.2, 0) is 14.8 Å². The smallest absolute Gasteiger partial charge is 0.261 e. The summed E-state index contributed by atoms with van der Waals surface area (Å²) in [4.78, 5) is 14.4. The monoisotopic (exact) mass is 460 g/mol. The second kappa shape index (κ2) is 9.87. The first-order chi connectivity index (χ1) is 15.4. The molecular weight excluding hydrogens is 431 g/mol. The number of piperidine rings is 1. The van der Waals surface area contributed by atoms with E-state index in [2.05, 4.69) is 20.3 Å². The van der Waals surface area contributed by atoms with Crippen molar-refractivity contribution >= 4 is 27.3 Å². The van der Waals surface area contributed by atoms with Gasteiger partial charge >= 0.3 is 0 Å². The second-order valence-corrected chi connectivity index (χ2v) is 10.1. The zero-order chi connectivity index (χ0) is 22.6. The van der Waals surface area contributed by atoms with Gasteiger partial charge < -0.3 is 15.5 Å². The minimum absolute atomic E-state index is 0.0127. The molecule has 4 rings (SSSR count). The van der Waals surface area contributed by atoms with E-state index < -0.39 is 15.8 Å². The summed E-state index contributed by atoms with van der Waals surface area (Å²) in [5.41, 5.74) is 1.40. The maximum absolute atomic E-state index is 13.1. The average molecular weight is 461 g/mol. The van der Waals surface area contributed by atoms with Gasteiger partial charge in [0.1, 0.15) is 5.82 Å². The van der Waals surface area contributed by atoms with Gasteiger partial charge in [-0.3, -0.25) is 9.52 Å². The Morgan fingerprint density at radius 2 is 1.75 bits per heavy atom. The van der Waals surface area contributed by atoms with Crippen LogP contribution in [0.3, 0.4) is 0 Å². The Balaban J connectivity index is 1.36. The third-order valence-corrected chi connectivity index (χ3v) is 7.45. The first kappa shape index (κ1) is 22.5. The molecule has 0 bridgehead atoms. The molecule has 0 aromatic heterocycles. The van der Waals surface area contributed by atoms with E-state index in [4.69, 9.17) is 0 Å². The summed E-state index contributed by atoms with van der Waals surface area (Å²) in [6.45, 7) is 2.40. The van der Waals surface area contributed by atoms with Crippen LogP contribution in [0.2, 0.25) is 0 Å². The maximum Gasteiger partial charge on any atom is 0.261 e. The summed E-state index contributed by atoms with van der Waals surface area (Å²) in [5.74, 6) is -0.380. The molecule has 0 radical (unpaired) electrons. The Kier molecular flexibility index (Phi) is 6.95. The predicted molar refractivity (Wildman–Crippen MR) is 123 cm³/mol. The molecule has 2 aliphatic rings. The molecule has 2 aliphatic heterocycles. The zero-order valence-electron chi connectivity index (χ0n) is 17.9. The lowest BCUT2D eigenvalue weighted by Crippen LogP contribution is -2.51. The van der Waals surface area contributed by atoms with E-state index in [1.54, 1.807) is 6.07 Å². The molecule has 7 nitrogen and oxygen atoms in total. The number of nitrogens with zero attached hydrogens (tertiary/aromatic N) is 1. The van der Waals surface area contributed by atoms with Gasteiger partial charge in [0, 0.05) is 31.4 Å². The number of benzene rings is 2. The topological polar surface area (TPSA) is 90.5 Å². The standard InChI is InChI=1S/C23H29FN4O3S/c24-17-7-9-21(10-8-17)32(30,31)27-19-4-3-5-20(16-19)28-14-11-18(12-15-28)26-22-6-1-2-13-25-23(22)29/h3-5,7-10,16,18,22,26-27H,1-2,6,11-15H2,(H,25,29)/t22-/m0/s1. The van der Waals surface area contributed by atoms with Gasteiger partial charge in [0.05, 0.1) is 16.6 Å². The second-order valence-electron chi connectivity index (χ2n) is 8.38. The van der Waals surface area contributed by atoms with Crippen LogP contribution in [-0.4, -0.2) is 46.0 Å². The number of sulfonamides is 1. The van der Waals surface area contributed by atoms with Crippen molar-refractivity contribution in [3.8, 4) is 0 Å². The highest BCUT2D eigenvalue weighted by Crippen LogP contribution is 2.25. The molecule has 0 unspecified atom stereocenters. The van der Waals surface area contributed by atoms with E-state index in [1.807, 2.05) is 18.2 Å². The fourth-order valence-electron chi connectivity index (χ4n) is 4.28. The molecule has 1 atom stereocenters. The van der Waals surface area contributed by atoms with E-state index in [-0.39, 0.29) is 16.8 Å². The Labute approximate surface area is 188 Å². The first-order valence-corrected chi connectivity index (χ1v) is 12.6. The van der Waals surface area contributed by atoms with E-state index >= 15 is 0 Å². The van der Waals surface area contributed by atoms with Crippen LogP contribution < -0.4 is 20.3 Å². The summed E-state index contributed by atoms with van der Waals surface area (Å²) in [7, 11) is -3.79. The first-order valence-electron chi connectivity index (χ1n) is 11.1. The van der Waals surface area contributed by atoms with Crippen molar-refractivity contribution in [1.29, 1.82) is 0 Å². The highest BCUT2D eigenvalue weighted by molar-refractivity contribution is 7.92. The fraction of sp³-hybridized carbons (Fsp3) is 0.435. The third-order valence-electron chi connectivity index (χ3n) is 6.05. The maximum atomic E-state index is 13.1. The lowest BCUT2D eigenvalue weighted by atomic mass is 10.0. The molecule has 0 saturated carbocycles. The van der Waals surface area contributed by atoms with Crippen molar-refractivity contribution < 1.29 is 17.6 Å². The van der Waals surface area contributed by atoms with Crippen LogP contribution in [0.4, 0.5) is 15.8 Å². The minimum Gasteiger partial charge on any atom is -0.371 e. The van der Waals surface area contributed by atoms with Crippen LogP contribution in [0, 0.1) is 5.82 Å². The summed E-state index contributed by atoms with van der Waals surface area (Å²) >= 11 is 0.